The molecule has 0 saturated carbocycles. The highest BCUT2D eigenvalue weighted by molar-refractivity contribution is 7.92. The van der Waals surface area contributed by atoms with E-state index in [0.717, 1.165) is 12.1 Å². The lowest BCUT2D eigenvalue weighted by Gasteiger charge is -2.12. The van der Waals surface area contributed by atoms with E-state index in [1.54, 1.807) is 23.0 Å². The molecule has 0 amide bonds. The fourth-order valence-electron chi connectivity index (χ4n) is 3.27. The summed E-state index contributed by atoms with van der Waals surface area (Å²) in [5.74, 6) is -2.18. The first kappa shape index (κ1) is 23.1. The summed E-state index contributed by atoms with van der Waals surface area (Å²) >= 11 is 7.50. The Hall–Kier alpha value is -3.68. The molecule has 9 nitrogen and oxygen atoms in total. The van der Waals surface area contributed by atoms with Gasteiger partial charge in [0, 0.05) is 35.8 Å². The van der Waals surface area contributed by atoms with E-state index < -0.39 is 26.6 Å². The van der Waals surface area contributed by atoms with Crippen molar-refractivity contribution in [2.24, 2.45) is 0 Å². The molecule has 35 heavy (non-hydrogen) atoms. The molecule has 0 unspecified atom stereocenters. The van der Waals surface area contributed by atoms with Crippen molar-refractivity contribution in [3.05, 3.63) is 71.8 Å². The quantitative estimate of drug-likeness (QED) is 0.337. The number of benzene rings is 1. The van der Waals surface area contributed by atoms with Crippen LogP contribution in [-0.4, -0.2) is 40.1 Å². The molecule has 0 aliphatic carbocycles. The van der Waals surface area contributed by atoms with Gasteiger partial charge in [-0.05, 0) is 24.3 Å². The third-order valence-corrected chi connectivity index (χ3v) is 7.52. The van der Waals surface area contributed by atoms with E-state index in [9.17, 15) is 17.2 Å². The van der Waals surface area contributed by atoms with Crippen LogP contribution in [-0.2, 0) is 10.0 Å². The number of sulfonamides is 1. The van der Waals surface area contributed by atoms with Crippen LogP contribution in [0.5, 0.6) is 5.88 Å². The van der Waals surface area contributed by atoms with Gasteiger partial charge in [-0.3, -0.25) is 9.71 Å². The second-order valence-electron chi connectivity index (χ2n) is 7.06. The Bertz CT molecular complexity index is 1690. The number of fused-ring (bicyclic) bond motifs is 1. The van der Waals surface area contributed by atoms with Gasteiger partial charge in [0.05, 0.1) is 24.0 Å². The van der Waals surface area contributed by atoms with Crippen molar-refractivity contribution < 1.29 is 21.9 Å². The molecular formula is C21H13ClF2N6O3S2. The van der Waals surface area contributed by atoms with Crippen molar-refractivity contribution in [1.29, 1.82) is 0 Å². The third-order valence-electron chi connectivity index (χ3n) is 4.85. The molecule has 14 heteroatoms. The molecule has 4 heterocycles. The van der Waals surface area contributed by atoms with Gasteiger partial charge in [-0.2, -0.15) is 5.10 Å². The van der Waals surface area contributed by atoms with Crippen LogP contribution in [0.15, 0.2) is 60.0 Å². The second-order valence-corrected chi connectivity index (χ2v) is 10.1. The smallest absolute Gasteiger partial charge is 0.264 e. The lowest BCUT2D eigenvalue weighted by Crippen LogP contribution is -2.15. The lowest BCUT2D eigenvalue weighted by molar-refractivity contribution is 0.400. The number of pyridine rings is 2. The van der Waals surface area contributed by atoms with Crippen LogP contribution >= 0.6 is 22.9 Å². The van der Waals surface area contributed by atoms with Crippen LogP contribution in [0.1, 0.15) is 0 Å². The first-order valence-corrected chi connectivity index (χ1v) is 12.4. The summed E-state index contributed by atoms with van der Waals surface area (Å²) in [6, 6.07) is 5.35. The van der Waals surface area contributed by atoms with Crippen molar-refractivity contribution in [3.8, 4) is 27.7 Å². The molecule has 4 aromatic heterocycles. The highest BCUT2D eigenvalue weighted by atomic mass is 35.5. The number of halogens is 3. The number of anilines is 1. The molecule has 5 aromatic rings. The summed E-state index contributed by atoms with van der Waals surface area (Å²) in [6.45, 7) is 0. The average molecular weight is 535 g/mol. The Balaban J connectivity index is 1.54. The maximum atomic E-state index is 14.1. The van der Waals surface area contributed by atoms with E-state index in [2.05, 4.69) is 24.8 Å². The Morgan fingerprint density at radius 3 is 2.69 bits per heavy atom. The zero-order valence-corrected chi connectivity index (χ0v) is 20.0. The van der Waals surface area contributed by atoms with Crippen molar-refractivity contribution in [3.63, 3.8) is 0 Å². The number of imidazole rings is 1. The van der Waals surface area contributed by atoms with Crippen LogP contribution in [0.3, 0.4) is 0 Å². The van der Waals surface area contributed by atoms with Crippen LogP contribution in [0.2, 0.25) is 5.02 Å². The Labute approximate surface area is 206 Å². The number of ether oxygens (including phenoxy) is 1. The van der Waals surface area contributed by atoms with Crippen LogP contribution in [0.4, 0.5) is 14.5 Å². The molecule has 0 spiro atoms. The summed E-state index contributed by atoms with van der Waals surface area (Å²) in [5.41, 5.74) is 1.72. The molecule has 0 saturated heterocycles. The molecule has 1 N–H and O–H groups in total. The van der Waals surface area contributed by atoms with Gasteiger partial charge in [-0.1, -0.05) is 22.9 Å². The van der Waals surface area contributed by atoms with Gasteiger partial charge in [0.15, 0.2) is 0 Å². The van der Waals surface area contributed by atoms with Crippen molar-refractivity contribution in [2.75, 3.05) is 11.8 Å². The third kappa shape index (κ3) is 4.29. The van der Waals surface area contributed by atoms with Gasteiger partial charge in [0.1, 0.15) is 27.2 Å². The second kappa shape index (κ2) is 8.83. The van der Waals surface area contributed by atoms with Crippen LogP contribution < -0.4 is 9.46 Å². The largest absolute Gasteiger partial charge is 0.480 e. The Morgan fingerprint density at radius 1 is 1.11 bits per heavy atom. The summed E-state index contributed by atoms with van der Waals surface area (Å²) in [4.78, 5) is 12.3. The molecule has 1 aromatic carbocycles. The standard InChI is InChI=1S/C21H13ClF2N6O3S2/c1-33-19-16(29-35(31,32)18-3-2-12(23)7-15(18)24)6-11(8-26-19)20-28-30-17(10-27-21(30)34-20)13-4-5-25-9-14(13)22/h2-10,29H,1H3. The van der Waals surface area contributed by atoms with Gasteiger partial charge in [0.25, 0.3) is 10.0 Å². The van der Waals surface area contributed by atoms with Gasteiger partial charge < -0.3 is 4.74 Å². The van der Waals surface area contributed by atoms with E-state index in [1.165, 1.54) is 36.9 Å². The number of nitrogens with zero attached hydrogens (tertiary/aromatic N) is 5. The molecule has 0 atom stereocenters. The monoisotopic (exact) mass is 534 g/mol. The summed E-state index contributed by atoms with van der Waals surface area (Å²) in [6.07, 6.45) is 6.20. The minimum Gasteiger partial charge on any atom is -0.480 e. The topological polar surface area (TPSA) is 111 Å². The van der Waals surface area contributed by atoms with E-state index in [0.29, 0.717) is 37.9 Å². The average Bonchev–Trinajstić information content (AvgIpc) is 3.40. The molecule has 0 bridgehead atoms. The molecule has 5 rings (SSSR count). The molecule has 0 fully saturated rings. The zero-order chi connectivity index (χ0) is 24.7. The minimum absolute atomic E-state index is 0.0505. The lowest BCUT2D eigenvalue weighted by atomic mass is 10.2. The van der Waals surface area contributed by atoms with Gasteiger partial charge in [-0.15, -0.1) is 0 Å². The van der Waals surface area contributed by atoms with E-state index in [1.807, 2.05) is 0 Å². The van der Waals surface area contributed by atoms with Crippen molar-refractivity contribution in [2.45, 2.75) is 4.90 Å². The highest BCUT2D eigenvalue weighted by Gasteiger charge is 2.23. The predicted octanol–water partition coefficient (Wildman–Crippen LogP) is 4.66. The van der Waals surface area contributed by atoms with E-state index in [-0.39, 0.29) is 11.6 Å². The van der Waals surface area contributed by atoms with E-state index in [4.69, 9.17) is 16.3 Å². The van der Waals surface area contributed by atoms with Gasteiger partial charge >= 0.3 is 0 Å². The summed E-state index contributed by atoms with van der Waals surface area (Å²) in [5, 5.41) is 5.47. The Morgan fingerprint density at radius 2 is 1.94 bits per heavy atom. The van der Waals surface area contributed by atoms with Crippen molar-refractivity contribution in [1.82, 2.24) is 24.6 Å². The van der Waals surface area contributed by atoms with Gasteiger partial charge in [-0.25, -0.2) is 31.7 Å². The first-order chi connectivity index (χ1) is 16.8. The summed E-state index contributed by atoms with van der Waals surface area (Å²) in [7, 11) is -3.11. The number of methoxy groups -OCH3 is 1. The number of nitrogens with one attached hydrogen (secondary N) is 1. The molecule has 0 aliphatic heterocycles. The first-order valence-electron chi connectivity index (χ1n) is 9.73. The molecule has 0 aliphatic rings. The normalized spacial score (nSPS) is 11.7. The highest BCUT2D eigenvalue weighted by Crippen LogP contribution is 2.35. The fraction of sp³-hybridized carbons (Fsp3) is 0.0476. The molecular weight excluding hydrogens is 522 g/mol. The number of hydrogen-bond donors (Lipinski definition) is 1. The van der Waals surface area contributed by atoms with Gasteiger partial charge in [0.2, 0.25) is 10.8 Å². The molecule has 178 valence electrons. The number of hydrogen-bond acceptors (Lipinski definition) is 8. The number of rotatable bonds is 6. The van der Waals surface area contributed by atoms with Crippen LogP contribution in [0.25, 0.3) is 26.8 Å². The predicted molar refractivity (Wildman–Crippen MR) is 126 cm³/mol. The fourth-order valence-corrected chi connectivity index (χ4v) is 5.45. The Kier molecular flexibility index (Phi) is 5.83. The zero-order valence-electron chi connectivity index (χ0n) is 17.6. The molecule has 0 radical (unpaired) electrons. The maximum absolute atomic E-state index is 14.1. The van der Waals surface area contributed by atoms with Crippen molar-refractivity contribution >= 4 is 43.6 Å². The maximum Gasteiger partial charge on any atom is 0.264 e. The number of aromatic nitrogens is 5. The van der Waals surface area contributed by atoms with E-state index >= 15 is 0 Å². The minimum atomic E-state index is -4.42. The summed E-state index contributed by atoms with van der Waals surface area (Å²) < 4.78 is 61.9. The van der Waals surface area contributed by atoms with Crippen LogP contribution in [0, 0.1) is 11.6 Å². The SMILES string of the molecule is COc1ncc(-c2nn3c(-c4ccncc4Cl)cnc3s2)cc1NS(=O)(=O)c1ccc(F)cc1F.